The van der Waals surface area contributed by atoms with E-state index in [1.165, 1.54) is 14.2 Å². The van der Waals surface area contributed by atoms with Gasteiger partial charge in [0, 0.05) is 7.11 Å². The molecule has 2 atom stereocenters. The monoisotopic (exact) mass is 254 g/mol. The predicted octanol–water partition coefficient (Wildman–Crippen LogP) is 3.14. The van der Waals surface area contributed by atoms with Crippen molar-refractivity contribution in [2.75, 3.05) is 21.3 Å². The highest BCUT2D eigenvalue weighted by Gasteiger charge is 2.21. The molecule has 1 aromatic carbocycles. The molecule has 0 saturated heterocycles. The van der Waals surface area contributed by atoms with Gasteiger partial charge >= 0.3 is 0 Å². The van der Waals surface area contributed by atoms with Gasteiger partial charge in [0.25, 0.3) is 0 Å². The Morgan fingerprint density at radius 3 is 1.94 bits per heavy atom. The molecule has 0 aliphatic carbocycles. The minimum absolute atomic E-state index is 0.0164. The summed E-state index contributed by atoms with van der Waals surface area (Å²) in [5.74, 6) is 1.18. The lowest BCUT2D eigenvalue weighted by molar-refractivity contribution is 0.0561. The van der Waals surface area contributed by atoms with Crippen molar-refractivity contribution in [3.63, 3.8) is 0 Å². The van der Waals surface area contributed by atoms with E-state index in [2.05, 4.69) is 13.8 Å². The summed E-state index contributed by atoms with van der Waals surface area (Å²) < 4.78 is 15.8. The lowest BCUT2D eigenvalue weighted by atomic mass is 9.94. The van der Waals surface area contributed by atoms with Gasteiger partial charge in [0.1, 0.15) is 0 Å². The van der Waals surface area contributed by atoms with Crippen molar-refractivity contribution in [2.24, 2.45) is 5.92 Å². The van der Waals surface area contributed by atoms with Gasteiger partial charge in [0.2, 0.25) is 5.75 Å². The number of hydrogen-bond donors (Lipinski definition) is 1. The molecular weight excluding hydrogens is 232 g/mol. The third-order valence-corrected chi connectivity index (χ3v) is 3.25. The average molecular weight is 254 g/mol. The van der Waals surface area contributed by atoms with Gasteiger partial charge in [-0.1, -0.05) is 20.3 Å². The molecule has 1 aromatic rings. The first-order chi connectivity index (χ1) is 8.58. The van der Waals surface area contributed by atoms with Crippen molar-refractivity contribution in [1.82, 2.24) is 0 Å². The van der Waals surface area contributed by atoms with Crippen molar-refractivity contribution in [3.8, 4) is 17.2 Å². The standard InChI is InChI=1S/C14H22O4/c1-6-9(2)14(18-5)10-7-11(16-3)13(15)12(8-10)17-4/h7-9,14-15H,6H2,1-5H3. The van der Waals surface area contributed by atoms with Crippen LogP contribution in [0.5, 0.6) is 17.2 Å². The van der Waals surface area contributed by atoms with Crippen LogP contribution in [0.2, 0.25) is 0 Å². The van der Waals surface area contributed by atoms with Gasteiger partial charge in [0.05, 0.1) is 20.3 Å². The molecule has 0 saturated carbocycles. The van der Waals surface area contributed by atoms with Crippen LogP contribution in [-0.4, -0.2) is 26.4 Å². The second-order valence-electron chi connectivity index (χ2n) is 4.32. The molecule has 4 heteroatoms. The molecule has 0 aliphatic heterocycles. The van der Waals surface area contributed by atoms with Gasteiger partial charge in [-0.25, -0.2) is 0 Å². The topological polar surface area (TPSA) is 47.9 Å². The Hall–Kier alpha value is -1.42. The second kappa shape index (κ2) is 6.50. The predicted molar refractivity (Wildman–Crippen MR) is 70.4 cm³/mol. The molecule has 0 heterocycles. The molecule has 0 aliphatic rings. The zero-order chi connectivity index (χ0) is 13.7. The Labute approximate surface area is 108 Å². The van der Waals surface area contributed by atoms with Gasteiger partial charge < -0.3 is 19.3 Å². The first-order valence-electron chi connectivity index (χ1n) is 6.06. The molecule has 1 N–H and O–H groups in total. The van der Waals surface area contributed by atoms with E-state index in [-0.39, 0.29) is 11.9 Å². The maximum Gasteiger partial charge on any atom is 0.200 e. The lowest BCUT2D eigenvalue weighted by Crippen LogP contribution is -2.11. The van der Waals surface area contributed by atoms with E-state index >= 15 is 0 Å². The van der Waals surface area contributed by atoms with E-state index < -0.39 is 0 Å². The summed E-state index contributed by atoms with van der Waals surface area (Å²) in [5.41, 5.74) is 0.943. The molecule has 102 valence electrons. The summed E-state index contributed by atoms with van der Waals surface area (Å²) in [7, 11) is 4.72. The molecule has 0 aromatic heterocycles. The van der Waals surface area contributed by atoms with Gasteiger partial charge in [-0.2, -0.15) is 0 Å². The molecule has 4 nitrogen and oxygen atoms in total. The molecule has 1 rings (SSSR count). The number of methoxy groups -OCH3 is 3. The van der Waals surface area contributed by atoms with E-state index in [9.17, 15) is 5.11 Å². The van der Waals surface area contributed by atoms with E-state index in [1.54, 1.807) is 19.2 Å². The van der Waals surface area contributed by atoms with E-state index in [0.717, 1.165) is 12.0 Å². The highest BCUT2D eigenvalue weighted by molar-refractivity contribution is 5.53. The number of hydrogen-bond acceptors (Lipinski definition) is 4. The van der Waals surface area contributed by atoms with E-state index in [4.69, 9.17) is 14.2 Å². The Bertz CT molecular complexity index is 364. The fourth-order valence-electron chi connectivity index (χ4n) is 1.99. The fraction of sp³-hybridized carbons (Fsp3) is 0.571. The Kier molecular flexibility index (Phi) is 5.28. The van der Waals surface area contributed by atoms with Crippen LogP contribution in [0.15, 0.2) is 12.1 Å². The van der Waals surface area contributed by atoms with Gasteiger partial charge in [-0.15, -0.1) is 0 Å². The molecule has 18 heavy (non-hydrogen) atoms. The SMILES string of the molecule is CCC(C)C(OC)c1cc(OC)c(O)c(OC)c1. The average Bonchev–Trinajstić information content (AvgIpc) is 2.40. The number of phenols is 1. The van der Waals surface area contributed by atoms with E-state index in [1.807, 2.05) is 0 Å². The normalized spacial score (nSPS) is 14.1. The maximum absolute atomic E-state index is 9.87. The van der Waals surface area contributed by atoms with Crippen LogP contribution in [0.1, 0.15) is 31.9 Å². The molecular formula is C14H22O4. The second-order valence-corrected chi connectivity index (χ2v) is 4.32. The molecule has 2 unspecified atom stereocenters. The maximum atomic E-state index is 9.87. The quantitative estimate of drug-likeness (QED) is 0.847. The summed E-state index contributed by atoms with van der Waals surface area (Å²) in [6.07, 6.45) is 0.961. The Balaban J connectivity index is 3.22. The molecule has 0 amide bonds. The summed E-state index contributed by atoms with van der Waals surface area (Å²) in [6.45, 7) is 4.24. The number of aromatic hydroxyl groups is 1. The van der Waals surface area contributed by atoms with Crippen molar-refractivity contribution >= 4 is 0 Å². The Morgan fingerprint density at radius 2 is 1.61 bits per heavy atom. The fourth-order valence-corrected chi connectivity index (χ4v) is 1.99. The third kappa shape index (κ3) is 2.88. The first kappa shape index (κ1) is 14.6. The summed E-state index contributed by atoms with van der Waals surface area (Å²) in [6, 6.07) is 3.58. The number of ether oxygens (including phenoxy) is 3. The van der Waals surface area contributed by atoms with Crippen LogP contribution >= 0.6 is 0 Å². The summed E-state index contributed by atoms with van der Waals surface area (Å²) in [4.78, 5) is 0. The van der Waals surface area contributed by atoms with Crippen molar-refractivity contribution in [1.29, 1.82) is 0 Å². The van der Waals surface area contributed by atoms with Gasteiger partial charge in [-0.05, 0) is 23.6 Å². The van der Waals surface area contributed by atoms with Gasteiger partial charge in [0.15, 0.2) is 11.5 Å². The number of benzene rings is 1. The minimum Gasteiger partial charge on any atom is -0.502 e. The van der Waals surface area contributed by atoms with Crippen LogP contribution < -0.4 is 9.47 Å². The molecule has 0 spiro atoms. The molecule has 0 bridgehead atoms. The van der Waals surface area contributed by atoms with Crippen LogP contribution in [0.25, 0.3) is 0 Å². The van der Waals surface area contributed by atoms with Crippen molar-refractivity contribution in [2.45, 2.75) is 26.4 Å². The van der Waals surface area contributed by atoms with E-state index in [0.29, 0.717) is 17.4 Å². The van der Waals surface area contributed by atoms with Crippen molar-refractivity contribution < 1.29 is 19.3 Å². The smallest absolute Gasteiger partial charge is 0.200 e. The summed E-state index contributed by atoms with van der Waals surface area (Å²) in [5, 5.41) is 9.87. The van der Waals surface area contributed by atoms with Crippen molar-refractivity contribution in [3.05, 3.63) is 17.7 Å². The zero-order valence-corrected chi connectivity index (χ0v) is 11.7. The number of rotatable bonds is 6. The highest BCUT2D eigenvalue weighted by atomic mass is 16.5. The first-order valence-corrected chi connectivity index (χ1v) is 6.06. The largest absolute Gasteiger partial charge is 0.502 e. The van der Waals surface area contributed by atoms with Crippen LogP contribution in [0.4, 0.5) is 0 Å². The third-order valence-electron chi connectivity index (χ3n) is 3.25. The van der Waals surface area contributed by atoms with Gasteiger partial charge in [-0.3, -0.25) is 0 Å². The Morgan fingerprint density at radius 1 is 1.11 bits per heavy atom. The summed E-state index contributed by atoms with van der Waals surface area (Å²) >= 11 is 0. The van der Waals surface area contributed by atoms with Crippen LogP contribution in [-0.2, 0) is 4.74 Å². The molecule has 0 fully saturated rings. The minimum atomic E-state index is -0.0431. The lowest BCUT2D eigenvalue weighted by Gasteiger charge is -2.23. The number of phenolic OH excluding ortho intramolecular Hbond substituents is 1. The zero-order valence-electron chi connectivity index (χ0n) is 11.7. The molecule has 0 radical (unpaired) electrons. The van der Waals surface area contributed by atoms with Crippen LogP contribution in [0.3, 0.4) is 0 Å². The van der Waals surface area contributed by atoms with Crippen LogP contribution in [0, 0.1) is 5.92 Å². The highest BCUT2D eigenvalue weighted by Crippen LogP contribution is 2.41.